The molecule has 0 bridgehead atoms. The Bertz CT molecular complexity index is 776. The van der Waals surface area contributed by atoms with Crippen LogP contribution in [0.2, 0.25) is 0 Å². The average Bonchev–Trinajstić information content (AvgIpc) is 3.05. The zero-order valence-corrected chi connectivity index (χ0v) is 20.6. The van der Waals surface area contributed by atoms with E-state index < -0.39 is 0 Å². The van der Waals surface area contributed by atoms with E-state index in [4.69, 9.17) is 0 Å². The van der Waals surface area contributed by atoms with Crippen LogP contribution in [-0.4, -0.2) is 36.1 Å². The number of aliphatic imine (C=N–C) groups is 1. The van der Waals surface area contributed by atoms with Gasteiger partial charge in [-0.25, -0.2) is 14.8 Å². The van der Waals surface area contributed by atoms with Crippen molar-refractivity contribution in [1.29, 1.82) is 0 Å². The van der Waals surface area contributed by atoms with Crippen molar-refractivity contribution >= 4 is 53.0 Å². The maximum atomic E-state index is 11.7. The number of carbonyl (C=O) groups excluding carboxylic acids is 1. The van der Waals surface area contributed by atoms with Gasteiger partial charge in [0.15, 0.2) is 5.96 Å². The lowest BCUT2D eigenvalue weighted by Gasteiger charge is -2.11. The van der Waals surface area contributed by atoms with E-state index in [1.54, 1.807) is 11.3 Å². The summed E-state index contributed by atoms with van der Waals surface area (Å²) in [6.07, 6.45) is 0.869. The number of guanidine groups is 1. The van der Waals surface area contributed by atoms with Gasteiger partial charge in [0.1, 0.15) is 0 Å². The third-order valence-electron chi connectivity index (χ3n) is 3.74. The Hall–Kier alpha value is -1.88. The molecule has 160 valence electrons. The summed E-state index contributed by atoms with van der Waals surface area (Å²) in [6, 6.07) is 7.61. The second-order valence-electron chi connectivity index (χ2n) is 6.68. The first-order valence-electron chi connectivity index (χ1n) is 9.56. The van der Waals surface area contributed by atoms with Gasteiger partial charge in [0, 0.05) is 36.6 Å². The molecule has 0 aliphatic rings. The van der Waals surface area contributed by atoms with Crippen molar-refractivity contribution in [2.45, 2.75) is 46.7 Å². The molecule has 0 aliphatic heterocycles. The molecule has 0 spiro atoms. The van der Waals surface area contributed by atoms with Crippen molar-refractivity contribution in [2.24, 2.45) is 4.99 Å². The fourth-order valence-electron chi connectivity index (χ4n) is 2.47. The highest BCUT2D eigenvalue weighted by Gasteiger charge is 2.04. The third kappa shape index (κ3) is 9.93. The summed E-state index contributed by atoms with van der Waals surface area (Å²) in [5.74, 6) is 0.785. The smallest absolute Gasteiger partial charge is 0.319 e. The van der Waals surface area contributed by atoms with E-state index in [2.05, 4.69) is 36.6 Å². The number of aryl methyl sites for hydroxylation is 1. The predicted molar refractivity (Wildman–Crippen MR) is 133 cm³/mol. The first-order chi connectivity index (χ1) is 13.5. The molecule has 1 aromatic heterocycles. The van der Waals surface area contributed by atoms with Crippen LogP contribution in [0, 0.1) is 6.92 Å². The van der Waals surface area contributed by atoms with Crippen molar-refractivity contribution in [2.75, 3.05) is 18.4 Å². The van der Waals surface area contributed by atoms with Crippen molar-refractivity contribution in [3.05, 3.63) is 45.9 Å². The number of hydrogen-bond donors (Lipinski definition) is 4. The Labute approximate surface area is 194 Å². The Balaban J connectivity index is 0.00000420. The maximum absolute atomic E-state index is 11.7. The molecule has 0 unspecified atom stereocenters. The van der Waals surface area contributed by atoms with Gasteiger partial charge in [-0.1, -0.05) is 12.1 Å². The van der Waals surface area contributed by atoms with Crippen LogP contribution in [0.25, 0.3) is 0 Å². The average molecular weight is 530 g/mol. The SMILES string of the molecule is CCNC(=NCc1ccc(NC(=O)NC(C)C)cc1)NCCc1csc(C)n1.I. The number of aromatic nitrogens is 1. The second-order valence-corrected chi connectivity index (χ2v) is 7.74. The third-order valence-corrected chi connectivity index (χ3v) is 4.56. The van der Waals surface area contributed by atoms with Crippen molar-refractivity contribution < 1.29 is 4.79 Å². The summed E-state index contributed by atoms with van der Waals surface area (Å²) < 4.78 is 0. The van der Waals surface area contributed by atoms with E-state index in [9.17, 15) is 4.79 Å². The molecule has 2 rings (SSSR count). The highest BCUT2D eigenvalue weighted by molar-refractivity contribution is 14.0. The second kappa shape index (κ2) is 13.4. The minimum absolute atomic E-state index is 0. The summed E-state index contributed by atoms with van der Waals surface area (Å²) in [5, 5.41) is 15.4. The Morgan fingerprint density at radius 2 is 1.93 bits per heavy atom. The number of carbonyl (C=O) groups is 1. The number of thiazole rings is 1. The number of urea groups is 1. The Morgan fingerprint density at radius 1 is 1.21 bits per heavy atom. The molecule has 7 nitrogen and oxygen atoms in total. The Kier molecular flexibility index (Phi) is 11.6. The number of hydrogen-bond acceptors (Lipinski definition) is 4. The minimum Gasteiger partial charge on any atom is -0.357 e. The fourth-order valence-corrected chi connectivity index (χ4v) is 3.11. The van der Waals surface area contributed by atoms with Gasteiger partial charge in [-0.2, -0.15) is 0 Å². The lowest BCUT2D eigenvalue weighted by Crippen LogP contribution is -2.38. The van der Waals surface area contributed by atoms with Gasteiger partial charge < -0.3 is 21.3 Å². The monoisotopic (exact) mass is 530 g/mol. The molecule has 0 saturated heterocycles. The zero-order valence-electron chi connectivity index (χ0n) is 17.4. The molecule has 0 saturated carbocycles. The topological polar surface area (TPSA) is 90.4 Å². The molecular weight excluding hydrogens is 499 g/mol. The predicted octanol–water partition coefficient (Wildman–Crippen LogP) is 3.90. The van der Waals surface area contributed by atoms with Crippen LogP contribution in [0.4, 0.5) is 10.5 Å². The van der Waals surface area contributed by atoms with Gasteiger partial charge in [0.25, 0.3) is 0 Å². The number of nitrogens with zero attached hydrogens (tertiary/aromatic N) is 2. The van der Waals surface area contributed by atoms with E-state index in [0.717, 1.165) is 47.4 Å². The van der Waals surface area contributed by atoms with E-state index in [1.807, 2.05) is 52.0 Å². The number of rotatable bonds is 8. The number of nitrogens with one attached hydrogen (secondary N) is 4. The minimum atomic E-state index is -0.199. The van der Waals surface area contributed by atoms with E-state index >= 15 is 0 Å². The van der Waals surface area contributed by atoms with Crippen LogP contribution in [-0.2, 0) is 13.0 Å². The van der Waals surface area contributed by atoms with Gasteiger partial charge in [-0.3, -0.25) is 0 Å². The fraction of sp³-hybridized carbons (Fsp3) is 0.450. The van der Waals surface area contributed by atoms with Crippen LogP contribution >= 0.6 is 35.3 Å². The van der Waals surface area contributed by atoms with Gasteiger partial charge in [-0.15, -0.1) is 35.3 Å². The summed E-state index contributed by atoms with van der Waals surface area (Å²) in [6.45, 7) is 10.1. The first kappa shape index (κ1) is 25.2. The molecule has 9 heteroatoms. The lowest BCUT2D eigenvalue weighted by molar-refractivity contribution is 0.250. The molecule has 4 N–H and O–H groups in total. The normalized spacial score (nSPS) is 11.0. The summed E-state index contributed by atoms with van der Waals surface area (Å²) in [4.78, 5) is 20.8. The van der Waals surface area contributed by atoms with E-state index in [-0.39, 0.29) is 36.0 Å². The van der Waals surface area contributed by atoms with Gasteiger partial charge >= 0.3 is 6.03 Å². The largest absolute Gasteiger partial charge is 0.357 e. The van der Waals surface area contributed by atoms with E-state index in [1.165, 1.54) is 0 Å². The number of anilines is 1. The molecule has 1 aromatic carbocycles. The molecule has 2 amide bonds. The molecule has 0 atom stereocenters. The quantitative estimate of drug-likeness (QED) is 0.237. The Morgan fingerprint density at radius 3 is 2.52 bits per heavy atom. The first-order valence-corrected chi connectivity index (χ1v) is 10.4. The molecule has 29 heavy (non-hydrogen) atoms. The van der Waals surface area contributed by atoms with Crippen LogP contribution in [0.1, 0.15) is 37.0 Å². The molecule has 0 aliphatic carbocycles. The summed E-state index contributed by atoms with van der Waals surface area (Å²) >= 11 is 1.67. The molecular formula is C20H31IN6OS. The number of amides is 2. The zero-order chi connectivity index (χ0) is 20.4. The van der Waals surface area contributed by atoms with Crippen molar-refractivity contribution in [3.8, 4) is 0 Å². The summed E-state index contributed by atoms with van der Waals surface area (Å²) in [5.41, 5.74) is 2.94. The van der Waals surface area contributed by atoms with Gasteiger partial charge in [-0.05, 0) is 45.4 Å². The van der Waals surface area contributed by atoms with Gasteiger partial charge in [0.05, 0.1) is 17.2 Å². The van der Waals surface area contributed by atoms with Crippen LogP contribution in [0.5, 0.6) is 0 Å². The number of halogens is 1. The molecule has 2 aromatic rings. The summed E-state index contributed by atoms with van der Waals surface area (Å²) in [7, 11) is 0. The van der Waals surface area contributed by atoms with Crippen LogP contribution in [0.15, 0.2) is 34.6 Å². The van der Waals surface area contributed by atoms with Crippen molar-refractivity contribution in [3.63, 3.8) is 0 Å². The molecule has 0 fully saturated rings. The van der Waals surface area contributed by atoms with Crippen LogP contribution in [0.3, 0.4) is 0 Å². The number of benzene rings is 1. The molecule has 1 heterocycles. The standard InChI is InChI=1S/C20H30N6OS.HI/c1-5-21-19(22-11-10-18-13-28-15(4)25-18)23-12-16-6-8-17(9-7-16)26-20(27)24-14(2)3;/h6-9,13-14H,5,10-12H2,1-4H3,(H2,21,22,23)(H2,24,26,27);1H. The van der Waals surface area contributed by atoms with Crippen molar-refractivity contribution in [1.82, 2.24) is 20.9 Å². The van der Waals surface area contributed by atoms with Crippen LogP contribution < -0.4 is 21.3 Å². The lowest BCUT2D eigenvalue weighted by atomic mass is 10.2. The highest BCUT2D eigenvalue weighted by atomic mass is 127. The van der Waals surface area contributed by atoms with E-state index in [0.29, 0.717) is 6.54 Å². The molecule has 0 radical (unpaired) electrons. The highest BCUT2D eigenvalue weighted by Crippen LogP contribution is 2.10. The van der Waals surface area contributed by atoms with Gasteiger partial charge in [0.2, 0.25) is 0 Å². The maximum Gasteiger partial charge on any atom is 0.319 e.